The number of hydrogen-bond acceptors (Lipinski definition) is 3. The number of aryl methyl sites for hydroxylation is 1. The zero-order chi connectivity index (χ0) is 17.5. The van der Waals surface area contributed by atoms with Gasteiger partial charge in [-0.15, -0.1) is 13.2 Å². The number of carbonyl (C=O) groups excluding carboxylic acids is 2. The van der Waals surface area contributed by atoms with Gasteiger partial charge in [0.15, 0.2) is 0 Å². The van der Waals surface area contributed by atoms with Gasteiger partial charge in [-0.25, -0.2) is 0 Å². The molecule has 5 heteroatoms. The second kappa shape index (κ2) is 8.34. The third kappa shape index (κ3) is 4.98. The molecule has 0 unspecified atom stereocenters. The van der Waals surface area contributed by atoms with Gasteiger partial charge in [-0.1, -0.05) is 18.2 Å². The van der Waals surface area contributed by atoms with Crippen LogP contribution in [0.4, 0.5) is 5.69 Å². The number of rotatable bonds is 9. The summed E-state index contributed by atoms with van der Waals surface area (Å²) in [6.07, 6.45) is 5.49. The molecule has 1 aliphatic carbocycles. The van der Waals surface area contributed by atoms with Gasteiger partial charge >= 0.3 is 0 Å². The van der Waals surface area contributed by atoms with E-state index in [0.717, 1.165) is 24.1 Å². The van der Waals surface area contributed by atoms with Gasteiger partial charge in [0, 0.05) is 30.4 Å². The van der Waals surface area contributed by atoms with E-state index in [0.29, 0.717) is 24.7 Å². The first-order valence-electron chi connectivity index (χ1n) is 8.20. The van der Waals surface area contributed by atoms with Crippen molar-refractivity contribution < 1.29 is 9.59 Å². The largest absolute Gasteiger partial charge is 0.376 e. The van der Waals surface area contributed by atoms with Crippen LogP contribution in [0, 0.1) is 6.92 Å². The topological polar surface area (TPSA) is 61.4 Å². The molecule has 0 saturated heterocycles. The lowest BCUT2D eigenvalue weighted by molar-refractivity contribution is -0.128. The smallest absolute Gasteiger partial charge is 0.251 e. The van der Waals surface area contributed by atoms with Crippen molar-refractivity contribution in [3.8, 4) is 0 Å². The molecule has 0 aromatic heterocycles. The van der Waals surface area contributed by atoms with E-state index in [2.05, 4.69) is 23.8 Å². The SMILES string of the molecule is C=CCN(CC=C)C(=O)CNc1cc(C(=O)NC2CC2)ccc1C. The molecule has 0 aliphatic heterocycles. The van der Waals surface area contributed by atoms with Gasteiger partial charge in [0.25, 0.3) is 5.91 Å². The van der Waals surface area contributed by atoms with Gasteiger partial charge in [0.1, 0.15) is 0 Å². The lowest BCUT2D eigenvalue weighted by Crippen LogP contribution is -2.35. The Morgan fingerprint density at radius 1 is 1.25 bits per heavy atom. The molecule has 1 aromatic rings. The van der Waals surface area contributed by atoms with E-state index in [1.807, 2.05) is 19.1 Å². The Labute approximate surface area is 143 Å². The minimum absolute atomic E-state index is 0.0398. The van der Waals surface area contributed by atoms with E-state index in [-0.39, 0.29) is 18.4 Å². The lowest BCUT2D eigenvalue weighted by Gasteiger charge is -2.20. The molecule has 2 rings (SSSR count). The molecular formula is C19H25N3O2. The third-order valence-electron chi connectivity index (χ3n) is 3.89. The van der Waals surface area contributed by atoms with E-state index >= 15 is 0 Å². The minimum Gasteiger partial charge on any atom is -0.376 e. The summed E-state index contributed by atoms with van der Waals surface area (Å²) in [7, 11) is 0. The number of carbonyl (C=O) groups is 2. The van der Waals surface area contributed by atoms with Crippen LogP contribution >= 0.6 is 0 Å². The number of nitrogens with one attached hydrogen (secondary N) is 2. The van der Waals surface area contributed by atoms with E-state index in [1.54, 1.807) is 23.1 Å². The molecule has 0 radical (unpaired) electrons. The van der Waals surface area contributed by atoms with Gasteiger partial charge in [-0.3, -0.25) is 9.59 Å². The Morgan fingerprint density at radius 3 is 2.50 bits per heavy atom. The zero-order valence-corrected chi connectivity index (χ0v) is 14.2. The van der Waals surface area contributed by atoms with Crippen LogP contribution in [0.25, 0.3) is 0 Å². The van der Waals surface area contributed by atoms with E-state index in [9.17, 15) is 9.59 Å². The molecule has 0 heterocycles. The highest BCUT2D eigenvalue weighted by molar-refractivity contribution is 5.96. The number of anilines is 1. The van der Waals surface area contributed by atoms with Crippen LogP contribution in [-0.2, 0) is 4.79 Å². The van der Waals surface area contributed by atoms with Crippen LogP contribution < -0.4 is 10.6 Å². The molecule has 1 fully saturated rings. The van der Waals surface area contributed by atoms with Crippen molar-refractivity contribution in [2.75, 3.05) is 25.0 Å². The van der Waals surface area contributed by atoms with Gasteiger partial charge in [0.2, 0.25) is 5.91 Å². The molecule has 1 saturated carbocycles. The quantitative estimate of drug-likeness (QED) is 0.685. The Hall–Kier alpha value is -2.56. The van der Waals surface area contributed by atoms with Crippen LogP contribution in [0.2, 0.25) is 0 Å². The van der Waals surface area contributed by atoms with E-state index in [4.69, 9.17) is 0 Å². The molecule has 1 aliphatic rings. The summed E-state index contributed by atoms with van der Waals surface area (Å²) in [5.74, 6) is -0.103. The Kier molecular flexibility index (Phi) is 6.18. The highest BCUT2D eigenvalue weighted by atomic mass is 16.2. The third-order valence-corrected chi connectivity index (χ3v) is 3.89. The molecule has 0 bridgehead atoms. The fourth-order valence-corrected chi connectivity index (χ4v) is 2.32. The second-order valence-electron chi connectivity index (χ2n) is 6.01. The predicted octanol–water partition coefficient (Wildman–Crippen LogP) is 2.50. The van der Waals surface area contributed by atoms with Crippen LogP contribution in [0.15, 0.2) is 43.5 Å². The van der Waals surface area contributed by atoms with E-state index in [1.165, 1.54) is 0 Å². The predicted molar refractivity (Wildman–Crippen MR) is 97.1 cm³/mol. The number of amides is 2. The van der Waals surface area contributed by atoms with Crippen LogP contribution in [-0.4, -0.2) is 42.4 Å². The minimum atomic E-state index is -0.0631. The maximum atomic E-state index is 12.3. The normalized spacial score (nSPS) is 13.0. The highest BCUT2D eigenvalue weighted by Crippen LogP contribution is 2.21. The zero-order valence-electron chi connectivity index (χ0n) is 14.2. The summed E-state index contributed by atoms with van der Waals surface area (Å²) < 4.78 is 0. The van der Waals surface area contributed by atoms with Gasteiger partial charge in [-0.05, 0) is 37.5 Å². The monoisotopic (exact) mass is 327 g/mol. The van der Waals surface area contributed by atoms with Gasteiger partial charge in [-0.2, -0.15) is 0 Å². The summed E-state index contributed by atoms with van der Waals surface area (Å²) in [6.45, 7) is 10.4. The maximum absolute atomic E-state index is 12.3. The summed E-state index contributed by atoms with van der Waals surface area (Å²) in [4.78, 5) is 26.1. The van der Waals surface area contributed by atoms with Gasteiger partial charge < -0.3 is 15.5 Å². The molecule has 2 amide bonds. The molecule has 0 spiro atoms. The first kappa shape index (κ1) is 17.8. The molecule has 1 aromatic carbocycles. The van der Waals surface area contributed by atoms with Crippen molar-refractivity contribution in [2.24, 2.45) is 0 Å². The Morgan fingerprint density at radius 2 is 1.92 bits per heavy atom. The maximum Gasteiger partial charge on any atom is 0.251 e. The summed E-state index contributed by atoms with van der Waals surface area (Å²) in [5.41, 5.74) is 2.39. The average Bonchev–Trinajstić information content (AvgIpc) is 3.37. The molecule has 5 nitrogen and oxygen atoms in total. The Balaban J connectivity index is 1.99. The molecular weight excluding hydrogens is 302 g/mol. The molecule has 128 valence electrons. The van der Waals surface area contributed by atoms with Crippen molar-refractivity contribution in [2.45, 2.75) is 25.8 Å². The molecule has 0 atom stereocenters. The standard InChI is InChI=1S/C19H25N3O2/c1-4-10-22(11-5-2)18(23)13-20-17-12-15(7-6-14(17)3)19(24)21-16-8-9-16/h4-7,12,16,20H,1-2,8-11,13H2,3H3,(H,21,24). The van der Waals surface area contributed by atoms with E-state index < -0.39 is 0 Å². The first-order chi connectivity index (χ1) is 11.5. The summed E-state index contributed by atoms with van der Waals surface area (Å²) in [6, 6.07) is 5.82. The fraction of sp³-hybridized carbons (Fsp3) is 0.368. The summed E-state index contributed by atoms with van der Waals surface area (Å²) in [5, 5.41) is 6.10. The number of hydrogen-bond donors (Lipinski definition) is 2. The van der Waals surface area contributed by atoms with Crippen molar-refractivity contribution in [3.05, 3.63) is 54.6 Å². The van der Waals surface area contributed by atoms with Gasteiger partial charge in [0.05, 0.1) is 6.54 Å². The Bertz CT molecular complexity index is 625. The van der Waals surface area contributed by atoms with Crippen LogP contribution in [0.5, 0.6) is 0 Å². The highest BCUT2D eigenvalue weighted by Gasteiger charge is 2.24. The van der Waals surface area contributed by atoms with Crippen molar-refractivity contribution >= 4 is 17.5 Å². The van der Waals surface area contributed by atoms with Crippen molar-refractivity contribution in [1.29, 1.82) is 0 Å². The fourth-order valence-electron chi connectivity index (χ4n) is 2.32. The van der Waals surface area contributed by atoms with Crippen LogP contribution in [0.1, 0.15) is 28.8 Å². The molecule has 2 N–H and O–H groups in total. The number of benzene rings is 1. The van der Waals surface area contributed by atoms with Crippen molar-refractivity contribution in [1.82, 2.24) is 10.2 Å². The molecule has 24 heavy (non-hydrogen) atoms. The van der Waals surface area contributed by atoms with Crippen LogP contribution in [0.3, 0.4) is 0 Å². The number of nitrogens with zero attached hydrogens (tertiary/aromatic N) is 1. The van der Waals surface area contributed by atoms with Crippen molar-refractivity contribution in [3.63, 3.8) is 0 Å². The lowest BCUT2D eigenvalue weighted by atomic mass is 10.1. The first-order valence-corrected chi connectivity index (χ1v) is 8.20. The summed E-state index contributed by atoms with van der Waals surface area (Å²) >= 11 is 0. The second-order valence-corrected chi connectivity index (χ2v) is 6.01. The average molecular weight is 327 g/mol.